The van der Waals surface area contributed by atoms with Gasteiger partial charge >= 0.3 is 0 Å². The predicted octanol–water partition coefficient (Wildman–Crippen LogP) is 3.86. The molecule has 0 radical (unpaired) electrons. The smallest absolute Gasteiger partial charge is 0.266 e. The van der Waals surface area contributed by atoms with Crippen molar-refractivity contribution in [3.8, 4) is 28.7 Å². The highest BCUT2D eigenvalue weighted by atomic mass is 32.2. The molecule has 10 heteroatoms. The van der Waals surface area contributed by atoms with E-state index in [0.29, 0.717) is 50.4 Å². The Kier molecular flexibility index (Phi) is 6.19. The molecule has 1 amide bonds. The van der Waals surface area contributed by atoms with Crippen LogP contribution in [-0.4, -0.2) is 42.2 Å². The van der Waals surface area contributed by atoms with Gasteiger partial charge in [0, 0.05) is 12.1 Å². The Labute approximate surface area is 204 Å². The number of hydrogen-bond donors (Lipinski definition) is 1. The number of rotatable bonds is 7. The number of thioether (sulfide) groups is 1. The number of fused-ring (bicyclic) bond motifs is 2. The summed E-state index contributed by atoms with van der Waals surface area (Å²) >= 11 is 1.15. The molecule has 178 valence electrons. The minimum Gasteiger partial charge on any atom is -0.497 e. The van der Waals surface area contributed by atoms with Gasteiger partial charge in [-0.15, -0.1) is 0 Å². The number of amides is 1. The van der Waals surface area contributed by atoms with E-state index >= 15 is 0 Å². The quantitative estimate of drug-likeness (QED) is 0.307. The summed E-state index contributed by atoms with van der Waals surface area (Å²) in [6.07, 6.45) is 0. The molecule has 0 aliphatic carbocycles. The minimum atomic E-state index is -0.280. The third kappa shape index (κ3) is 4.47. The molecule has 0 saturated carbocycles. The van der Waals surface area contributed by atoms with Crippen LogP contribution in [0.5, 0.6) is 23.0 Å². The first-order valence-corrected chi connectivity index (χ1v) is 11.6. The number of nitrogens with zero attached hydrogens (tertiary/aromatic N) is 2. The lowest BCUT2D eigenvalue weighted by Gasteiger charge is -2.14. The monoisotopic (exact) mass is 491 g/mol. The molecular formula is C25H21N3O6S. The third-order valence-corrected chi connectivity index (χ3v) is 6.31. The molecule has 5 rings (SSSR count). The van der Waals surface area contributed by atoms with Crippen LogP contribution in [0.4, 0.5) is 5.69 Å². The lowest BCUT2D eigenvalue weighted by atomic mass is 10.2. The van der Waals surface area contributed by atoms with Crippen LogP contribution in [0.25, 0.3) is 16.6 Å². The normalized spacial score (nSPS) is 11.9. The minimum absolute atomic E-state index is 0.0184. The van der Waals surface area contributed by atoms with Gasteiger partial charge in [0.15, 0.2) is 16.7 Å². The maximum atomic E-state index is 13.4. The summed E-state index contributed by atoms with van der Waals surface area (Å²) in [5.41, 5.74) is 1.39. The first-order chi connectivity index (χ1) is 17.1. The highest BCUT2D eigenvalue weighted by Crippen LogP contribution is 2.34. The maximum Gasteiger partial charge on any atom is 0.266 e. The first-order valence-electron chi connectivity index (χ1n) is 10.6. The van der Waals surface area contributed by atoms with Gasteiger partial charge < -0.3 is 24.3 Å². The molecule has 0 fully saturated rings. The van der Waals surface area contributed by atoms with E-state index in [1.165, 1.54) is 11.7 Å². The zero-order chi connectivity index (χ0) is 24.4. The van der Waals surface area contributed by atoms with E-state index in [2.05, 4.69) is 10.3 Å². The van der Waals surface area contributed by atoms with E-state index in [1.54, 1.807) is 61.7 Å². The van der Waals surface area contributed by atoms with Crippen LogP contribution in [0.2, 0.25) is 0 Å². The summed E-state index contributed by atoms with van der Waals surface area (Å²) < 4.78 is 22.9. The predicted molar refractivity (Wildman–Crippen MR) is 132 cm³/mol. The van der Waals surface area contributed by atoms with Gasteiger partial charge in [0.05, 0.1) is 42.3 Å². The number of anilines is 1. The number of carbonyl (C=O) groups excluding carboxylic acids is 1. The fourth-order valence-electron chi connectivity index (χ4n) is 3.68. The molecule has 0 saturated heterocycles. The van der Waals surface area contributed by atoms with E-state index in [0.717, 1.165) is 11.8 Å². The number of aromatic nitrogens is 2. The molecule has 9 nitrogen and oxygen atoms in total. The van der Waals surface area contributed by atoms with Crippen molar-refractivity contribution >= 4 is 34.3 Å². The van der Waals surface area contributed by atoms with Crippen molar-refractivity contribution in [2.24, 2.45) is 0 Å². The van der Waals surface area contributed by atoms with E-state index in [-0.39, 0.29) is 24.0 Å². The summed E-state index contributed by atoms with van der Waals surface area (Å²) in [5, 5.41) is 3.69. The summed E-state index contributed by atoms with van der Waals surface area (Å²) in [6.45, 7) is 0.125. The fraction of sp³-hybridized carbons (Fsp3) is 0.160. The van der Waals surface area contributed by atoms with E-state index < -0.39 is 0 Å². The number of nitrogens with one attached hydrogen (secondary N) is 1. The van der Waals surface area contributed by atoms with Crippen LogP contribution in [0, 0.1) is 0 Å². The highest BCUT2D eigenvalue weighted by molar-refractivity contribution is 7.99. The molecule has 0 spiro atoms. The van der Waals surface area contributed by atoms with Gasteiger partial charge in [-0.25, -0.2) is 4.98 Å². The van der Waals surface area contributed by atoms with Crippen LogP contribution in [-0.2, 0) is 4.79 Å². The largest absolute Gasteiger partial charge is 0.497 e. The molecule has 0 atom stereocenters. The van der Waals surface area contributed by atoms with E-state index in [4.69, 9.17) is 18.9 Å². The number of carbonyl (C=O) groups is 1. The first kappa shape index (κ1) is 22.6. The van der Waals surface area contributed by atoms with Gasteiger partial charge in [-0.05, 0) is 36.4 Å². The van der Waals surface area contributed by atoms with Crippen molar-refractivity contribution < 1.29 is 23.7 Å². The second-order valence-corrected chi connectivity index (χ2v) is 8.44. The number of hydrogen-bond acceptors (Lipinski definition) is 8. The molecular weight excluding hydrogens is 470 g/mol. The molecule has 2 heterocycles. The van der Waals surface area contributed by atoms with Crippen LogP contribution in [0.1, 0.15) is 0 Å². The Morgan fingerprint density at radius 1 is 1.06 bits per heavy atom. The van der Waals surface area contributed by atoms with Crippen molar-refractivity contribution in [2.45, 2.75) is 5.16 Å². The Balaban J connectivity index is 1.46. The van der Waals surface area contributed by atoms with Crippen molar-refractivity contribution in [2.75, 3.05) is 32.1 Å². The fourth-order valence-corrected chi connectivity index (χ4v) is 4.49. The van der Waals surface area contributed by atoms with Crippen molar-refractivity contribution in [1.82, 2.24) is 9.55 Å². The molecule has 3 aromatic carbocycles. The molecule has 4 aromatic rings. The van der Waals surface area contributed by atoms with Crippen molar-refractivity contribution in [3.05, 3.63) is 71.0 Å². The number of para-hydroxylation sites is 1. The standard InChI is InChI=1S/C25H21N3O6S/c1-31-16-8-9-19(21(12-16)32-2)26-23(29)13-35-25-27-18-6-4-3-5-17(18)24(30)28(25)15-7-10-20-22(11-15)34-14-33-20/h3-12H,13-14H2,1-2H3,(H,26,29). The van der Waals surface area contributed by atoms with Gasteiger partial charge in [-0.3, -0.25) is 14.2 Å². The molecule has 0 unspecified atom stereocenters. The van der Waals surface area contributed by atoms with E-state index in [9.17, 15) is 9.59 Å². The van der Waals surface area contributed by atoms with Gasteiger partial charge in [-0.2, -0.15) is 0 Å². The lowest BCUT2D eigenvalue weighted by molar-refractivity contribution is -0.113. The Morgan fingerprint density at radius 3 is 2.71 bits per heavy atom. The van der Waals surface area contributed by atoms with Gasteiger partial charge in [0.25, 0.3) is 5.56 Å². The Morgan fingerprint density at radius 2 is 1.89 bits per heavy atom. The Hall–Kier alpha value is -4.18. The SMILES string of the molecule is COc1ccc(NC(=O)CSc2nc3ccccc3c(=O)n2-c2ccc3c(c2)OCO3)c(OC)c1. The molecule has 1 aromatic heterocycles. The Bertz CT molecular complexity index is 1490. The summed E-state index contributed by atoms with van der Waals surface area (Å²) in [4.78, 5) is 30.9. The van der Waals surface area contributed by atoms with Crippen LogP contribution in [0.15, 0.2) is 70.6 Å². The summed E-state index contributed by atoms with van der Waals surface area (Å²) in [6, 6.07) is 17.5. The molecule has 1 aliphatic heterocycles. The average Bonchev–Trinajstić information content (AvgIpc) is 3.36. The summed E-state index contributed by atoms with van der Waals surface area (Å²) in [5.74, 6) is 1.98. The number of benzene rings is 3. The zero-order valence-corrected chi connectivity index (χ0v) is 19.8. The van der Waals surface area contributed by atoms with Crippen LogP contribution in [0.3, 0.4) is 0 Å². The van der Waals surface area contributed by atoms with Gasteiger partial charge in [0.2, 0.25) is 12.7 Å². The molecule has 0 bridgehead atoms. The molecule has 1 N–H and O–H groups in total. The summed E-state index contributed by atoms with van der Waals surface area (Å²) in [7, 11) is 3.07. The van der Waals surface area contributed by atoms with Gasteiger partial charge in [-0.1, -0.05) is 23.9 Å². The topological polar surface area (TPSA) is 101 Å². The van der Waals surface area contributed by atoms with Gasteiger partial charge in [0.1, 0.15) is 11.5 Å². The lowest BCUT2D eigenvalue weighted by Crippen LogP contribution is -2.23. The van der Waals surface area contributed by atoms with Crippen molar-refractivity contribution in [1.29, 1.82) is 0 Å². The van der Waals surface area contributed by atoms with Crippen LogP contribution < -0.4 is 29.8 Å². The van der Waals surface area contributed by atoms with Crippen molar-refractivity contribution in [3.63, 3.8) is 0 Å². The second kappa shape index (κ2) is 9.59. The molecule has 35 heavy (non-hydrogen) atoms. The average molecular weight is 492 g/mol. The number of methoxy groups -OCH3 is 2. The van der Waals surface area contributed by atoms with E-state index in [1.807, 2.05) is 6.07 Å². The zero-order valence-electron chi connectivity index (χ0n) is 18.9. The van der Waals surface area contributed by atoms with Crippen LogP contribution >= 0.6 is 11.8 Å². The molecule has 1 aliphatic rings. The third-order valence-electron chi connectivity index (χ3n) is 5.37. The maximum absolute atomic E-state index is 13.4. The second-order valence-electron chi connectivity index (χ2n) is 7.49. The highest BCUT2D eigenvalue weighted by Gasteiger charge is 2.19. The number of ether oxygens (including phenoxy) is 4.